The first kappa shape index (κ1) is 18.0. The molecule has 0 bridgehead atoms. The Morgan fingerprint density at radius 1 is 1.11 bits per heavy atom. The first-order chi connectivity index (χ1) is 13.2. The molecule has 0 amide bonds. The first-order valence-electron chi connectivity index (χ1n) is 7.65. The molecule has 8 nitrogen and oxygen atoms in total. The molecule has 0 radical (unpaired) electrons. The zero-order chi connectivity index (χ0) is 18.6. The van der Waals surface area contributed by atoms with Gasteiger partial charge in [0.15, 0.2) is 14.8 Å². The molecule has 0 saturated carbocycles. The fourth-order valence-electron chi connectivity index (χ4n) is 2.15. The molecule has 4 rings (SSSR count). The number of benzene rings is 1. The number of para-hydroxylation sites is 2. The number of furan rings is 1. The number of hydrogen-bond donors (Lipinski definition) is 1. The van der Waals surface area contributed by atoms with E-state index in [0.29, 0.717) is 33.1 Å². The van der Waals surface area contributed by atoms with Gasteiger partial charge in [-0.05, 0) is 40.2 Å². The Balaban J connectivity index is 1.38. The summed E-state index contributed by atoms with van der Waals surface area (Å²) in [6, 6.07) is 11.2. The maximum absolute atomic E-state index is 5.60. The van der Waals surface area contributed by atoms with Crippen molar-refractivity contribution in [3.8, 4) is 17.4 Å². The molecule has 3 heterocycles. The average Bonchev–Trinajstić information content (AvgIpc) is 3.41. The van der Waals surface area contributed by atoms with Crippen LogP contribution in [0.1, 0.15) is 5.89 Å². The molecular formula is C16H12BrN5O3S2. The number of hydrogen-bond acceptors (Lipinski definition) is 10. The highest BCUT2D eigenvalue weighted by atomic mass is 79.9. The number of ether oxygens (including phenoxy) is 1. The van der Waals surface area contributed by atoms with Crippen molar-refractivity contribution in [1.82, 2.24) is 20.4 Å². The van der Waals surface area contributed by atoms with Crippen LogP contribution in [0.25, 0.3) is 11.7 Å². The molecule has 0 fully saturated rings. The molecule has 3 aromatic heterocycles. The van der Waals surface area contributed by atoms with Crippen molar-refractivity contribution in [2.75, 3.05) is 12.4 Å². The van der Waals surface area contributed by atoms with Gasteiger partial charge in [0.05, 0.1) is 18.6 Å². The van der Waals surface area contributed by atoms with E-state index in [0.717, 1.165) is 15.8 Å². The lowest BCUT2D eigenvalue weighted by Gasteiger charge is -2.07. The van der Waals surface area contributed by atoms with Gasteiger partial charge in [-0.1, -0.05) is 35.2 Å². The summed E-state index contributed by atoms with van der Waals surface area (Å²) in [4.78, 5) is 0. The van der Waals surface area contributed by atoms with Crippen molar-refractivity contribution in [2.24, 2.45) is 0 Å². The Kier molecular flexibility index (Phi) is 5.41. The van der Waals surface area contributed by atoms with Crippen LogP contribution < -0.4 is 10.1 Å². The number of anilines is 2. The largest absolute Gasteiger partial charge is 0.495 e. The van der Waals surface area contributed by atoms with E-state index >= 15 is 0 Å². The molecule has 1 N–H and O–H groups in total. The van der Waals surface area contributed by atoms with Gasteiger partial charge in [0.25, 0.3) is 5.89 Å². The molecule has 11 heteroatoms. The highest BCUT2D eigenvalue weighted by Crippen LogP contribution is 2.33. The summed E-state index contributed by atoms with van der Waals surface area (Å²) in [6.07, 6.45) is 0. The van der Waals surface area contributed by atoms with E-state index in [2.05, 4.69) is 41.6 Å². The Morgan fingerprint density at radius 3 is 2.81 bits per heavy atom. The fraction of sp³-hybridized carbons (Fsp3) is 0.125. The molecule has 0 saturated heterocycles. The van der Waals surface area contributed by atoms with Crippen LogP contribution in [0.2, 0.25) is 0 Å². The average molecular weight is 466 g/mol. The molecule has 0 unspecified atom stereocenters. The van der Waals surface area contributed by atoms with Crippen molar-refractivity contribution in [3.63, 3.8) is 0 Å². The van der Waals surface area contributed by atoms with Gasteiger partial charge < -0.3 is 18.9 Å². The predicted octanol–water partition coefficient (Wildman–Crippen LogP) is 4.99. The summed E-state index contributed by atoms with van der Waals surface area (Å²) >= 11 is 6.14. The van der Waals surface area contributed by atoms with Crippen LogP contribution >= 0.6 is 39.0 Å². The van der Waals surface area contributed by atoms with E-state index in [-0.39, 0.29) is 0 Å². The number of aromatic nitrogens is 4. The van der Waals surface area contributed by atoms with Gasteiger partial charge in [-0.25, -0.2) is 0 Å². The maximum Gasteiger partial charge on any atom is 0.283 e. The number of nitrogens with one attached hydrogen (secondary N) is 1. The molecule has 4 aromatic rings. The number of methoxy groups -OCH3 is 1. The Morgan fingerprint density at radius 2 is 2.00 bits per heavy atom. The number of nitrogens with zero attached hydrogens (tertiary/aromatic N) is 4. The normalized spacial score (nSPS) is 10.9. The van der Waals surface area contributed by atoms with Crippen LogP contribution in [-0.4, -0.2) is 27.5 Å². The molecular weight excluding hydrogens is 454 g/mol. The third-order valence-corrected chi connectivity index (χ3v) is 5.71. The Bertz CT molecular complexity index is 1050. The van der Waals surface area contributed by atoms with Crippen molar-refractivity contribution >= 4 is 49.8 Å². The Hall–Kier alpha value is -2.37. The van der Waals surface area contributed by atoms with Crippen molar-refractivity contribution < 1.29 is 13.6 Å². The highest BCUT2D eigenvalue weighted by Gasteiger charge is 2.14. The van der Waals surface area contributed by atoms with Crippen LogP contribution in [0.3, 0.4) is 0 Å². The minimum absolute atomic E-state index is 0.340. The summed E-state index contributed by atoms with van der Waals surface area (Å²) in [5.74, 6) is 2.57. The molecule has 1 aromatic carbocycles. The van der Waals surface area contributed by atoms with Crippen LogP contribution in [-0.2, 0) is 5.75 Å². The van der Waals surface area contributed by atoms with Crippen molar-refractivity contribution in [1.29, 1.82) is 0 Å². The number of thioether (sulfide) groups is 1. The van der Waals surface area contributed by atoms with E-state index in [1.165, 1.54) is 23.1 Å². The van der Waals surface area contributed by atoms with E-state index < -0.39 is 0 Å². The third-order valence-electron chi connectivity index (χ3n) is 3.32. The summed E-state index contributed by atoms with van der Waals surface area (Å²) in [5, 5.41) is 20.2. The summed E-state index contributed by atoms with van der Waals surface area (Å²) < 4.78 is 17.7. The van der Waals surface area contributed by atoms with Crippen LogP contribution in [0.15, 0.2) is 54.2 Å². The molecule has 0 atom stereocenters. The van der Waals surface area contributed by atoms with Gasteiger partial charge in [-0.2, -0.15) is 0 Å². The second kappa shape index (κ2) is 8.11. The van der Waals surface area contributed by atoms with Crippen molar-refractivity contribution in [2.45, 2.75) is 10.1 Å². The topological polar surface area (TPSA) is 99.1 Å². The van der Waals surface area contributed by atoms with E-state index in [4.69, 9.17) is 13.6 Å². The molecule has 138 valence electrons. The van der Waals surface area contributed by atoms with Gasteiger partial charge in [-0.15, -0.1) is 20.4 Å². The minimum atomic E-state index is 0.340. The standard InChI is InChI=1S/C16H12BrN5O3S2/c1-23-10-5-3-2-4-9(10)18-15-21-22-16(27-15)26-8-13-19-20-14(25-13)11-6-7-12(17)24-11/h2-7H,8H2,1H3,(H,18,21). The molecule has 0 aliphatic heterocycles. The van der Waals surface area contributed by atoms with Gasteiger partial charge in [-0.3, -0.25) is 0 Å². The summed E-state index contributed by atoms with van der Waals surface area (Å²) in [6.45, 7) is 0. The smallest absolute Gasteiger partial charge is 0.283 e. The van der Waals surface area contributed by atoms with Crippen LogP contribution in [0, 0.1) is 0 Å². The second-order valence-corrected chi connectivity index (χ2v) is 8.07. The number of halogens is 1. The van der Waals surface area contributed by atoms with Crippen molar-refractivity contribution in [3.05, 3.63) is 47.0 Å². The SMILES string of the molecule is COc1ccccc1Nc1nnc(SCc2nnc(-c3ccc(Br)o3)o2)s1. The van der Waals surface area contributed by atoms with E-state index in [1.807, 2.05) is 24.3 Å². The molecule has 0 aliphatic carbocycles. The lowest BCUT2D eigenvalue weighted by molar-refractivity contribution is 0.417. The van der Waals surface area contributed by atoms with Gasteiger partial charge in [0, 0.05) is 0 Å². The molecule has 0 spiro atoms. The third kappa shape index (κ3) is 4.31. The lowest BCUT2D eigenvalue weighted by atomic mass is 10.3. The quantitative estimate of drug-likeness (QED) is 0.378. The fourth-order valence-corrected chi connectivity index (χ4v) is 4.05. The zero-order valence-corrected chi connectivity index (χ0v) is 17.1. The predicted molar refractivity (Wildman–Crippen MR) is 105 cm³/mol. The molecule has 27 heavy (non-hydrogen) atoms. The van der Waals surface area contributed by atoms with Crippen LogP contribution in [0.5, 0.6) is 5.75 Å². The van der Waals surface area contributed by atoms with Gasteiger partial charge >= 0.3 is 0 Å². The van der Waals surface area contributed by atoms with E-state index in [1.54, 1.807) is 19.2 Å². The number of rotatable bonds is 7. The zero-order valence-electron chi connectivity index (χ0n) is 13.9. The Labute approximate surface area is 170 Å². The second-order valence-electron chi connectivity index (χ2n) is 5.09. The van der Waals surface area contributed by atoms with Crippen LogP contribution in [0.4, 0.5) is 10.8 Å². The van der Waals surface area contributed by atoms with Gasteiger partial charge in [0.2, 0.25) is 11.0 Å². The molecule has 0 aliphatic rings. The highest BCUT2D eigenvalue weighted by molar-refractivity contribution is 9.10. The van der Waals surface area contributed by atoms with Gasteiger partial charge in [0.1, 0.15) is 5.75 Å². The van der Waals surface area contributed by atoms with E-state index in [9.17, 15) is 0 Å². The summed E-state index contributed by atoms with van der Waals surface area (Å²) in [5.41, 5.74) is 0.832. The minimum Gasteiger partial charge on any atom is -0.495 e. The lowest BCUT2D eigenvalue weighted by Crippen LogP contribution is -1.93. The summed E-state index contributed by atoms with van der Waals surface area (Å²) in [7, 11) is 1.63. The first-order valence-corrected chi connectivity index (χ1v) is 10.3. The maximum atomic E-state index is 5.60. The monoisotopic (exact) mass is 465 g/mol.